The first-order valence-corrected chi connectivity index (χ1v) is 11.7. The summed E-state index contributed by atoms with van der Waals surface area (Å²) < 4.78 is 27.7. The van der Waals surface area contributed by atoms with Gasteiger partial charge in [-0.25, -0.2) is 17.4 Å². The lowest BCUT2D eigenvalue weighted by Gasteiger charge is -2.19. The Balaban J connectivity index is 1.73. The summed E-state index contributed by atoms with van der Waals surface area (Å²) in [5, 5.41) is 0. The number of aromatic nitrogens is 2. The van der Waals surface area contributed by atoms with E-state index in [9.17, 15) is 8.42 Å². The number of aryl methyl sites for hydroxylation is 1. The molecule has 0 saturated carbocycles. The molecule has 0 saturated heterocycles. The molecular formula is C26H26N2O2S. The summed E-state index contributed by atoms with van der Waals surface area (Å²) >= 11 is 0. The number of pyridine rings is 1. The Morgan fingerprint density at radius 3 is 2.06 bits per heavy atom. The van der Waals surface area contributed by atoms with Crippen LogP contribution in [0.5, 0.6) is 0 Å². The molecule has 0 aliphatic heterocycles. The lowest BCUT2D eigenvalue weighted by atomic mass is 9.86. The van der Waals surface area contributed by atoms with Crippen LogP contribution in [0.15, 0.2) is 90.0 Å². The Kier molecular flexibility index (Phi) is 5.31. The Morgan fingerprint density at radius 2 is 1.42 bits per heavy atom. The lowest BCUT2D eigenvalue weighted by Crippen LogP contribution is -2.13. The fourth-order valence-electron chi connectivity index (χ4n) is 3.48. The molecule has 0 amide bonds. The van der Waals surface area contributed by atoms with Gasteiger partial charge in [0.2, 0.25) is 0 Å². The molecule has 5 heteroatoms. The SMILES string of the molecule is Cc1ccc(S(=O)(=O)n2cccc2-c2cccc(-c3ccc(C(C)(C)C)cc3)n2)cc1. The smallest absolute Gasteiger partial charge is 0.246 e. The summed E-state index contributed by atoms with van der Waals surface area (Å²) in [7, 11) is -3.71. The van der Waals surface area contributed by atoms with E-state index in [1.54, 1.807) is 42.6 Å². The Morgan fingerprint density at radius 1 is 0.774 bits per heavy atom. The van der Waals surface area contributed by atoms with E-state index in [0.717, 1.165) is 16.8 Å². The van der Waals surface area contributed by atoms with E-state index < -0.39 is 10.0 Å². The highest BCUT2D eigenvalue weighted by atomic mass is 32.2. The Bertz CT molecular complexity index is 1310. The number of nitrogens with zero attached hydrogens (tertiary/aromatic N) is 2. The molecule has 158 valence electrons. The van der Waals surface area contributed by atoms with Crippen molar-refractivity contribution in [2.24, 2.45) is 0 Å². The molecule has 0 aliphatic rings. The zero-order chi connectivity index (χ0) is 22.2. The molecule has 0 bridgehead atoms. The van der Waals surface area contributed by atoms with Gasteiger partial charge in [-0.05, 0) is 54.3 Å². The van der Waals surface area contributed by atoms with Crippen LogP contribution in [-0.2, 0) is 15.4 Å². The summed E-state index contributed by atoms with van der Waals surface area (Å²) in [5.41, 5.74) is 5.29. The standard InChI is InChI=1S/C26H26N2O2S/c1-19-10-16-22(17-11-19)31(29,30)28-18-6-9-25(28)24-8-5-7-23(27-24)20-12-14-21(15-13-20)26(2,3)4/h5-18H,1-4H3. The maximum absolute atomic E-state index is 13.2. The molecule has 2 aromatic heterocycles. The van der Waals surface area contributed by atoms with Crippen LogP contribution in [0.3, 0.4) is 0 Å². The van der Waals surface area contributed by atoms with Gasteiger partial charge in [0, 0.05) is 11.8 Å². The molecule has 0 radical (unpaired) electrons. The second kappa shape index (κ2) is 7.82. The van der Waals surface area contributed by atoms with Gasteiger partial charge in [0.15, 0.2) is 0 Å². The number of benzene rings is 2. The molecule has 0 aliphatic carbocycles. The van der Waals surface area contributed by atoms with Gasteiger partial charge in [-0.15, -0.1) is 0 Å². The predicted molar refractivity (Wildman–Crippen MR) is 126 cm³/mol. The lowest BCUT2D eigenvalue weighted by molar-refractivity contribution is 0.588. The van der Waals surface area contributed by atoms with Crippen LogP contribution in [0.25, 0.3) is 22.6 Å². The zero-order valence-electron chi connectivity index (χ0n) is 18.2. The third-order valence-electron chi connectivity index (χ3n) is 5.35. The molecule has 4 nitrogen and oxygen atoms in total. The van der Waals surface area contributed by atoms with E-state index in [2.05, 4.69) is 45.0 Å². The molecule has 2 aromatic carbocycles. The highest BCUT2D eigenvalue weighted by Crippen LogP contribution is 2.28. The van der Waals surface area contributed by atoms with Gasteiger partial charge in [0.25, 0.3) is 10.0 Å². The molecule has 4 rings (SSSR count). The summed E-state index contributed by atoms with van der Waals surface area (Å²) in [6, 6.07) is 24.4. The Labute approximate surface area is 184 Å². The average molecular weight is 431 g/mol. The highest BCUT2D eigenvalue weighted by molar-refractivity contribution is 7.90. The van der Waals surface area contributed by atoms with Crippen LogP contribution in [0.2, 0.25) is 0 Å². The van der Waals surface area contributed by atoms with Gasteiger partial charge in [0.1, 0.15) is 0 Å². The highest BCUT2D eigenvalue weighted by Gasteiger charge is 2.21. The van der Waals surface area contributed by atoms with Crippen LogP contribution in [-0.4, -0.2) is 17.4 Å². The maximum atomic E-state index is 13.2. The number of hydrogen-bond donors (Lipinski definition) is 0. The first-order chi connectivity index (χ1) is 14.7. The minimum Gasteiger partial charge on any atom is -0.246 e. The van der Waals surface area contributed by atoms with Gasteiger partial charge in [-0.2, -0.15) is 0 Å². The molecule has 0 fully saturated rings. The topological polar surface area (TPSA) is 52.0 Å². The van der Waals surface area contributed by atoms with E-state index in [0.29, 0.717) is 11.4 Å². The van der Waals surface area contributed by atoms with Crippen molar-refractivity contribution < 1.29 is 8.42 Å². The number of rotatable bonds is 4. The van der Waals surface area contributed by atoms with Crippen LogP contribution >= 0.6 is 0 Å². The first kappa shape index (κ1) is 21.1. The fraction of sp³-hybridized carbons (Fsp3) is 0.192. The van der Waals surface area contributed by atoms with Crippen molar-refractivity contribution in [1.29, 1.82) is 0 Å². The summed E-state index contributed by atoms with van der Waals surface area (Å²) in [6.45, 7) is 8.48. The van der Waals surface area contributed by atoms with Crippen molar-refractivity contribution in [3.8, 4) is 22.6 Å². The minimum atomic E-state index is -3.71. The van der Waals surface area contributed by atoms with Gasteiger partial charge in [-0.3, -0.25) is 0 Å². The van der Waals surface area contributed by atoms with Crippen LogP contribution in [0, 0.1) is 6.92 Å². The van der Waals surface area contributed by atoms with Crippen LogP contribution in [0.1, 0.15) is 31.9 Å². The second-order valence-corrected chi connectivity index (χ2v) is 10.6. The third kappa shape index (κ3) is 4.19. The van der Waals surface area contributed by atoms with Crippen LogP contribution < -0.4 is 0 Å². The van der Waals surface area contributed by atoms with E-state index >= 15 is 0 Å². The van der Waals surface area contributed by atoms with Gasteiger partial charge >= 0.3 is 0 Å². The second-order valence-electron chi connectivity index (χ2n) is 8.74. The Hall–Kier alpha value is -3.18. The minimum absolute atomic E-state index is 0.0823. The van der Waals surface area contributed by atoms with Crippen molar-refractivity contribution >= 4 is 10.0 Å². The molecule has 0 N–H and O–H groups in total. The monoisotopic (exact) mass is 430 g/mol. The van der Waals surface area contributed by atoms with Gasteiger partial charge < -0.3 is 0 Å². The van der Waals surface area contributed by atoms with Gasteiger partial charge in [0.05, 0.1) is 22.0 Å². The summed E-state index contributed by atoms with van der Waals surface area (Å²) in [4.78, 5) is 5.03. The van der Waals surface area contributed by atoms with Crippen molar-refractivity contribution in [3.63, 3.8) is 0 Å². The van der Waals surface area contributed by atoms with E-state index in [1.807, 2.05) is 25.1 Å². The molecule has 31 heavy (non-hydrogen) atoms. The zero-order valence-corrected chi connectivity index (χ0v) is 19.0. The van der Waals surface area contributed by atoms with Gasteiger partial charge in [-0.1, -0.05) is 68.8 Å². The summed E-state index contributed by atoms with van der Waals surface area (Å²) in [5.74, 6) is 0. The largest absolute Gasteiger partial charge is 0.268 e. The van der Waals surface area contributed by atoms with Crippen molar-refractivity contribution in [3.05, 3.63) is 96.2 Å². The summed E-state index contributed by atoms with van der Waals surface area (Å²) in [6.07, 6.45) is 1.57. The average Bonchev–Trinajstić information content (AvgIpc) is 3.25. The molecule has 0 atom stereocenters. The molecule has 2 heterocycles. The molecular weight excluding hydrogens is 404 g/mol. The quantitative estimate of drug-likeness (QED) is 0.395. The molecule has 0 spiro atoms. The fourth-order valence-corrected chi connectivity index (χ4v) is 4.83. The maximum Gasteiger partial charge on any atom is 0.268 e. The first-order valence-electron chi connectivity index (χ1n) is 10.2. The normalized spacial score (nSPS) is 12.1. The molecule has 0 unspecified atom stereocenters. The van der Waals surface area contributed by atoms with E-state index in [4.69, 9.17) is 4.98 Å². The molecule has 4 aromatic rings. The van der Waals surface area contributed by atoms with E-state index in [-0.39, 0.29) is 10.3 Å². The van der Waals surface area contributed by atoms with Crippen molar-refractivity contribution in [2.45, 2.75) is 38.0 Å². The third-order valence-corrected chi connectivity index (χ3v) is 7.05. The van der Waals surface area contributed by atoms with Crippen LogP contribution in [0.4, 0.5) is 0 Å². The number of hydrogen-bond acceptors (Lipinski definition) is 3. The van der Waals surface area contributed by atoms with E-state index in [1.165, 1.54) is 9.54 Å². The van der Waals surface area contributed by atoms with Crippen molar-refractivity contribution in [1.82, 2.24) is 8.96 Å². The van der Waals surface area contributed by atoms with Crippen molar-refractivity contribution in [2.75, 3.05) is 0 Å². The predicted octanol–water partition coefficient (Wildman–Crippen LogP) is 6.06.